The Kier molecular flexibility index (Phi) is 3.47. The van der Waals surface area contributed by atoms with Gasteiger partial charge in [-0.3, -0.25) is 4.79 Å². The highest BCUT2D eigenvalue weighted by Gasteiger charge is 2.46. The molecule has 0 radical (unpaired) electrons. The average molecular weight is 262 g/mol. The lowest BCUT2D eigenvalue weighted by Gasteiger charge is -2.12. The number of anilines is 1. The van der Waals surface area contributed by atoms with E-state index in [4.69, 9.17) is 0 Å². The first-order valence-electron chi connectivity index (χ1n) is 6.70. The van der Waals surface area contributed by atoms with Gasteiger partial charge in [-0.05, 0) is 11.8 Å². The molecular weight excluding hydrogens is 240 g/mol. The molecule has 1 unspecified atom stereocenters. The summed E-state index contributed by atoms with van der Waals surface area (Å²) in [6, 6.07) is 0.252. The number of nitrogens with zero attached hydrogens (tertiary/aromatic N) is 2. The summed E-state index contributed by atoms with van der Waals surface area (Å²) in [5.41, 5.74) is 1.31. The summed E-state index contributed by atoms with van der Waals surface area (Å²) in [7, 11) is 1.77. The SMILES string of the molecule is CNc1cnc(C(C)C)nc1C(=O)NC1CC1(C)C. The van der Waals surface area contributed by atoms with Crippen molar-refractivity contribution in [1.29, 1.82) is 0 Å². The van der Waals surface area contributed by atoms with Crippen molar-refractivity contribution in [3.63, 3.8) is 0 Å². The largest absolute Gasteiger partial charge is 0.385 e. The Bertz CT molecular complexity index is 496. The van der Waals surface area contributed by atoms with E-state index in [1.165, 1.54) is 0 Å². The maximum atomic E-state index is 12.3. The molecule has 1 aromatic rings. The van der Waals surface area contributed by atoms with E-state index in [0.29, 0.717) is 17.2 Å². The number of hydrogen-bond donors (Lipinski definition) is 2. The minimum atomic E-state index is -0.121. The molecule has 5 heteroatoms. The Labute approximate surface area is 114 Å². The second-order valence-electron chi connectivity index (χ2n) is 6.11. The molecule has 2 rings (SSSR count). The van der Waals surface area contributed by atoms with Gasteiger partial charge < -0.3 is 10.6 Å². The first kappa shape index (κ1) is 13.8. The Balaban J connectivity index is 2.21. The van der Waals surface area contributed by atoms with Gasteiger partial charge in [0, 0.05) is 19.0 Å². The van der Waals surface area contributed by atoms with E-state index in [0.717, 1.165) is 6.42 Å². The predicted octanol–water partition coefficient (Wildman–Crippen LogP) is 2.17. The van der Waals surface area contributed by atoms with Crippen molar-refractivity contribution in [2.45, 2.75) is 46.1 Å². The van der Waals surface area contributed by atoms with Crippen LogP contribution in [0.3, 0.4) is 0 Å². The maximum Gasteiger partial charge on any atom is 0.272 e. The van der Waals surface area contributed by atoms with E-state index >= 15 is 0 Å². The van der Waals surface area contributed by atoms with Crippen LogP contribution in [-0.2, 0) is 0 Å². The van der Waals surface area contributed by atoms with Gasteiger partial charge in [0.15, 0.2) is 5.69 Å². The van der Waals surface area contributed by atoms with Crippen molar-refractivity contribution in [1.82, 2.24) is 15.3 Å². The number of hydrogen-bond acceptors (Lipinski definition) is 4. The van der Waals surface area contributed by atoms with Gasteiger partial charge in [0.05, 0.1) is 11.9 Å². The molecule has 19 heavy (non-hydrogen) atoms. The average Bonchev–Trinajstić information content (AvgIpc) is 2.95. The van der Waals surface area contributed by atoms with Crippen LogP contribution in [0, 0.1) is 5.41 Å². The fourth-order valence-corrected chi connectivity index (χ4v) is 1.97. The van der Waals surface area contributed by atoms with E-state index in [2.05, 4.69) is 34.4 Å². The third-order valence-corrected chi connectivity index (χ3v) is 3.63. The zero-order valence-electron chi connectivity index (χ0n) is 12.2. The van der Waals surface area contributed by atoms with Gasteiger partial charge in [-0.1, -0.05) is 27.7 Å². The van der Waals surface area contributed by atoms with Crippen molar-refractivity contribution in [2.75, 3.05) is 12.4 Å². The van der Waals surface area contributed by atoms with E-state index in [1.807, 2.05) is 13.8 Å². The van der Waals surface area contributed by atoms with Crippen molar-refractivity contribution in [3.8, 4) is 0 Å². The molecule has 0 aliphatic heterocycles. The van der Waals surface area contributed by atoms with E-state index < -0.39 is 0 Å². The van der Waals surface area contributed by atoms with Crippen LogP contribution in [0.5, 0.6) is 0 Å². The Hall–Kier alpha value is -1.65. The van der Waals surface area contributed by atoms with Gasteiger partial charge in [0.1, 0.15) is 5.82 Å². The first-order chi connectivity index (χ1) is 8.85. The number of carbonyl (C=O) groups is 1. The highest BCUT2D eigenvalue weighted by molar-refractivity contribution is 5.97. The van der Waals surface area contributed by atoms with Crippen LogP contribution in [0.2, 0.25) is 0 Å². The van der Waals surface area contributed by atoms with Gasteiger partial charge in [0.25, 0.3) is 5.91 Å². The van der Waals surface area contributed by atoms with Crippen LogP contribution in [0.15, 0.2) is 6.20 Å². The highest BCUT2D eigenvalue weighted by atomic mass is 16.2. The van der Waals surface area contributed by atoms with Gasteiger partial charge in [0.2, 0.25) is 0 Å². The smallest absolute Gasteiger partial charge is 0.272 e. The first-order valence-corrected chi connectivity index (χ1v) is 6.70. The number of carbonyl (C=O) groups excluding carboxylic acids is 1. The summed E-state index contributed by atoms with van der Waals surface area (Å²) in [6.07, 6.45) is 2.70. The molecule has 1 aromatic heterocycles. The zero-order valence-corrected chi connectivity index (χ0v) is 12.2. The molecule has 0 saturated heterocycles. The van der Waals surface area contributed by atoms with Crippen LogP contribution in [0.1, 0.15) is 56.3 Å². The molecule has 1 heterocycles. The Morgan fingerprint density at radius 2 is 2.11 bits per heavy atom. The highest BCUT2D eigenvalue weighted by Crippen LogP contribution is 2.44. The van der Waals surface area contributed by atoms with E-state index in [9.17, 15) is 4.79 Å². The third kappa shape index (κ3) is 2.85. The predicted molar refractivity (Wildman–Crippen MR) is 75.3 cm³/mol. The third-order valence-electron chi connectivity index (χ3n) is 3.63. The fourth-order valence-electron chi connectivity index (χ4n) is 1.97. The lowest BCUT2D eigenvalue weighted by molar-refractivity contribution is 0.0941. The normalized spacial score (nSPS) is 20.2. The minimum Gasteiger partial charge on any atom is -0.385 e. The van der Waals surface area contributed by atoms with E-state index in [-0.39, 0.29) is 23.3 Å². The minimum absolute atomic E-state index is 0.121. The van der Waals surface area contributed by atoms with Gasteiger partial charge in [-0.2, -0.15) is 0 Å². The van der Waals surface area contributed by atoms with E-state index in [1.54, 1.807) is 13.2 Å². The molecular formula is C14H22N4O. The summed E-state index contributed by atoms with van der Waals surface area (Å²) >= 11 is 0. The fraction of sp³-hybridized carbons (Fsp3) is 0.643. The summed E-state index contributed by atoms with van der Waals surface area (Å²) in [6.45, 7) is 8.33. The monoisotopic (exact) mass is 262 g/mol. The summed E-state index contributed by atoms with van der Waals surface area (Å²) in [5.74, 6) is 0.776. The quantitative estimate of drug-likeness (QED) is 0.872. The second kappa shape index (κ2) is 4.79. The molecule has 0 aromatic carbocycles. The lowest BCUT2D eigenvalue weighted by Crippen LogP contribution is -2.30. The van der Waals surface area contributed by atoms with Crippen LogP contribution < -0.4 is 10.6 Å². The molecule has 0 bridgehead atoms. The van der Waals surface area contributed by atoms with Crippen LogP contribution in [-0.4, -0.2) is 29.0 Å². The topological polar surface area (TPSA) is 66.9 Å². The van der Waals surface area contributed by atoms with Gasteiger partial charge in [-0.25, -0.2) is 9.97 Å². The molecule has 104 valence electrons. The number of nitrogens with one attached hydrogen (secondary N) is 2. The van der Waals surface area contributed by atoms with Crippen LogP contribution >= 0.6 is 0 Å². The number of amides is 1. The zero-order chi connectivity index (χ0) is 14.2. The van der Waals surface area contributed by atoms with Crippen molar-refractivity contribution in [2.24, 2.45) is 5.41 Å². The molecule has 1 fully saturated rings. The lowest BCUT2D eigenvalue weighted by atomic mass is 10.2. The molecule has 1 amide bonds. The summed E-state index contributed by atoms with van der Waals surface area (Å²) in [5, 5.41) is 6.00. The van der Waals surface area contributed by atoms with Gasteiger partial charge in [-0.15, -0.1) is 0 Å². The molecule has 5 nitrogen and oxygen atoms in total. The molecule has 1 saturated carbocycles. The van der Waals surface area contributed by atoms with Crippen molar-refractivity contribution in [3.05, 3.63) is 17.7 Å². The molecule has 1 aliphatic carbocycles. The van der Waals surface area contributed by atoms with Crippen LogP contribution in [0.25, 0.3) is 0 Å². The number of aromatic nitrogens is 2. The molecule has 0 spiro atoms. The van der Waals surface area contributed by atoms with Crippen molar-refractivity contribution < 1.29 is 4.79 Å². The standard InChI is InChI=1S/C14H22N4O/c1-8(2)12-16-7-9(15-5)11(18-12)13(19)17-10-6-14(10,3)4/h7-8,10,15H,6H2,1-5H3,(H,17,19). The second-order valence-corrected chi connectivity index (χ2v) is 6.11. The molecule has 1 atom stereocenters. The Morgan fingerprint density at radius 1 is 1.47 bits per heavy atom. The van der Waals surface area contributed by atoms with Gasteiger partial charge >= 0.3 is 0 Å². The molecule has 2 N–H and O–H groups in total. The molecule has 1 aliphatic rings. The maximum absolute atomic E-state index is 12.3. The summed E-state index contributed by atoms with van der Waals surface area (Å²) in [4.78, 5) is 20.9. The van der Waals surface area contributed by atoms with Crippen molar-refractivity contribution >= 4 is 11.6 Å². The summed E-state index contributed by atoms with van der Waals surface area (Å²) < 4.78 is 0. The number of rotatable bonds is 4. The Morgan fingerprint density at radius 3 is 2.58 bits per heavy atom. The van der Waals surface area contributed by atoms with Crippen LogP contribution in [0.4, 0.5) is 5.69 Å².